The van der Waals surface area contributed by atoms with E-state index in [0.717, 1.165) is 33.7 Å². The van der Waals surface area contributed by atoms with Crippen LogP contribution in [0.15, 0.2) is 67.0 Å². The van der Waals surface area contributed by atoms with E-state index < -0.39 is 11.7 Å². The Labute approximate surface area is 206 Å². The van der Waals surface area contributed by atoms with Crippen LogP contribution in [0.25, 0.3) is 23.1 Å². The Hall–Kier alpha value is -4.79. The summed E-state index contributed by atoms with van der Waals surface area (Å²) in [6, 6.07) is 16.0. The van der Waals surface area contributed by atoms with Crippen LogP contribution in [0.2, 0.25) is 0 Å². The first kappa shape index (κ1) is 23.0. The first-order valence-corrected chi connectivity index (χ1v) is 11.5. The number of aromatic amines is 1. The Balaban J connectivity index is 1.33. The lowest BCUT2D eigenvalue weighted by Gasteiger charge is -2.11. The summed E-state index contributed by atoms with van der Waals surface area (Å²) in [5.74, 6) is -0.759. The number of aryl methyl sites for hydroxylation is 2. The normalized spacial score (nSPS) is 11.3. The van der Waals surface area contributed by atoms with Gasteiger partial charge in [0.15, 0.2) is 5.82 Å². The molecule has 0 spiro atoms. The van der Waals surface area contributed by atoms with Crippen molar-refractivity contribution in [3.63, 3.8) is 0 Å². The van der Waals surface area contributed by atoms with Crippen molar-refractivity contribution in [2.75, 3.05) is 10.6 Å². The molecule has 2 aromatic carbocycles. The van der Waals surface area contributed by atoms with Gasteiger partial charge in [-0.05, 0) is 74.5 Å². The first-order chi connectivity index (χ1) is 17.5. The number of aromatic nitrogens is 5. The van der Waals surface area contributed by atoms with E-state index in [4.69, 9.17) is 0 Å². The minimum Gasteiger partial charge on any atom is -0.355 e. The summed E-state index contributed by atoms with van der Waals surface area (Å²) in [7, 11) is 0. The Kier molecular flexibility index (Phi) is 6.27. The van der Waals surface area contributed by atoms with Gasteiger partial charge < -0.3 is 15.2 Å². The lowest BCUT2D eigenvalue weighted by molar-refractivity contribution is 0.101. The molecule has 0 aliphatic rings. The number of imidazole rings is 1. The fraction of sp³-hybridized carbons (Fsp3) is 0.111. The van der Waals surface area contributed by atoms with Gasteiger partial charge in [-0.2, -0.15) is 5.10 Å². The van der Waals surface area contributed by atoms with Gasteiger partial charge in [-0.15, -0.1) is 0 Å². The largest absolute Gasteiger partial charge is 0.355 e. The summed E-state index contributed by atoms with van der Waals surface area (Å²) >= 11 is 0. The second kappa shape index (κ2) is 9.83. The number of nitrogens with zero attached hydrogens (tertiary/aromatic N) is 4. The average Bonchev–Trinajstić information content (AvgIpc) is 3.48. The highest BCUT2D eigenvalue weighted by atomic mass is 19.1. The highest BCUT2D eigenvalue weighted by Crippen LogP contribution is 2.27. The number of carbonyl (C=O) groups is 1. The van der Waals surface area contributed by atoms with Crippen molar-refractivity contribution >= 4 is 46.0 Å². The minimum atomic E-state index is -0.534. The van der Waals surface area contributed by atoms with E-state index in [1.54, 1.807) is 29.1 Å². The average molecular weight is 482 g/mol. The Morgan fingerprint density at radius 3 is 2.75 bits per heavy atom. The number of fused-ring (bicyclic) bond motifs is 1. The number of rotatable bonds is 7. The van der Waals surface area contributed by atoms with Gasteiger partial charge in [-0.25, -0.2) is 9.37 Å². The van der Waals surface area contributed by atoms with Crippen molar-refractivity contribution in [2.45, 2.75) is 20.4 Å². The van der Waals surface area contributed by atoms with Crippen molar-refractivity contribution in [1.29, 1.82) is 0 Å². The molecule has 0 aliphatic heterocycles. The third-order valence-electron chi connectivity index (χ3n) is 5.64. The van der Waals surface area contributed by atoms with E-state index in [2.05, 4.69) is 30.8 Å². The predicted molar refractivity (Wildman–Crippen MR) is 140 cm³/mol. The third-order valence-corrected chi connectivity index (χ3v) is 5.64. The molecule has 0 fully saturated rings. The van der Waals surface area contributed by atoms with Gasteiger partial charge in [0, 0.05) is 35.7 Å². The van der Waals surface area contributed by atoms with E-state index in [0.29, 0.717) is 12.2 Å². The summed E-state index contributed by atoms with van der Waals surface area (Å²) in [6.07, 6.45) is 7.35. The fourth-order valence-electron chi connectivity index (χ4n) is 3.90. The lowest BCUT2D eigenvalue weighted by Crippen LogP contribution is -2.18. The molecule has 5 aromatic rings. The van der Waals surface area contributed by atoms with Crippen LogP contribution in [0.1, 0.15) is 34.6 Å². The maximum atomic E-state index is 14.5. The number of anilines is 3. The molecule has 8 nitrogen and oxygen atoms in total. The molecule has 3 N–H and O–H groups in total. The smallest absolute Gasteiger partial charge is 0.291 e. The summed E-state index contributed by atoms with van der Waals surface area (Å²) in [5, 5.41) is 14.3. The van der Waals surface area contributed by atoms with Crippen LogP contribution in [-0.4, -0.2) is 30.6 Å². The highest BCUT2D eigenvalue weighted by Gasteiger charge is 2.16. The molecule has 0 radical (unpaired) electrons. The fourth-order valence-corrected chi connectivity index (χ4v) is 3.90. The molecule has 0 saturated carbocycles. The maximum absolute atomic E-state index is 14.5. The van der Waals surface area contributed by atoms with E-state index in [9.17, 15) is 9.18 Å². The van der Waals surface area contributed by atoms with E-state index in [1.165, 1.54) is 6.07 Å². The van der Waals surface area contributed by atoms with Crippen LogP contribution in [0.3, 0.4) is 0 Å². The maximum Gasteiger partial charge on any atom is 0.291 e. The van der Waals surface area contributed by atoms with Crippen molar-refractivity contribution in [3.8, 4) is 0 Å². The quantitative estimate of drug-likeness (QED) is 0.273. The van der Waals surface area contributed by atoms with Crippen LogP contribution < -0.4 is 10.6 Å². The minimum absolute atomic E-state index is 0.0675. The molecule has 9 heteroatoms. The molecule has 36 heavy (non-hydrogen) atoms. The Morgan fingerprint density at radius 2 is 1.94 bits per heavy atom. The van der Waals surface area contributed by atoms with Crippen molar-refractivity contribution < 1.29 is 9.18 Å². The van der Waals surface area contributed by atoms with Gasteiger partial charge >= 0.3 is 0 Å². The standard InChI is InChI=1S/C27H24FN7O/c1-3-35-16-17(2)30-26(35)27(36)32-25-15-20(8-11-22(25)28)31-19-7-10-21-23(33-34-24(21)14-19)12-9-18-6-4-5-13-29-18/h4-16,31H,3H2,1-2H3,(H,32,36)(H,33,34). The summed E-state index contributed by atoms with van der Waals surface area (Å²) in [6.45, 7) is 4.31. The first-order valence-electron chi connectivity index (χ1n) is 11.5. The number of nitrogens with one attached hydrogen (secondary N) is 3. The van der Waals surface area contributed by atoms with E-state index in [1.807, 2.05) is 62.4 Å². The molecule has 0 unspecified atom stereocenters. The number of halogens is 1. The zero-order valence-electron chi connectivity index (χ0n) is 19.8. The molecular weight excluding hydrogens is 457 g/mol. The van der Waals surface area contributed by atoms with Crippen molar-refractivity contribution in [2.24, 2.45) is 0 Å². The zero-order valence-corrected chi connectivity index (χ0v) is 19.8. The molecular formula is C27H24FN7O. The van der Waals surface area contributed by atoms with Crippen LogP contribution in [-0.2, 0) is 6.54 Å². The second-order valence-electron chi connectivity index (χ2n) is 8.22. The summed E-state index contributed by atoms with van der Waals surface area (Å²) < 4.78 is 16.2. The Bertz CT molecular complexity index is 1570. The highest BCUT2D eigenvalue weighted by molar-refractivity contribution is 6.02. The number of hydrogen-bond donors (Lipinski definition) is 3. The van der Waals surface area contributed by atoms with Gasteiger partial charge in [0.25, 0.3) is 5.91 Å². The third kappa shape index (κ3) is 4.85. The van der Waals surface area contributed by atoms with Gasteiger partial charge in [-0.1, -0.05) is 6.07 Å². The molecule has 0 atom stereocenters. The number of pyridine rings is 1. The van der Waals surface area contributed by atoms with Crippen LogP contribution in [0, 0.1) is 12.7 Å². The van der Waals surface area contributed by atoms with Crippen LogP contribution >= 0.6 is 0 Å². The molecule has 0 bridgehead atoms. The lowest BCUT2D eigenvalue weighted by atomic mass is 10.1. The van der Waals surface area contributed by atoms with Gasteiger partial charge in [0.1, 0.15) is 5.82 Å². The molecule has 0 saturated heterocycles. The molecule has 1 amide bonds. The van der Waals surface area contributed by atoms with Crippen molar-refractivity contribution in [1.82, 2.24) is 24.7 Å². The summed E-state index contributed by atoms with van der Waals surface area (Å²) in [4.78, 5) is 21.3. The molecule has 180 valence electrons. The number of H-pyrrole nitrogens is 1. The Morgan fingerprint density at radius 1 is 1.11 bits per heavy atom. The van der Waals surface area contributed by atoms with Crippen LogP contribution in [0.5, 0.6) is 0 Å². The second-order valence-corrected chi connectivity index (χ2v) is 8.22. The monoisotopic (exact) mass is 481 g/mol. The van der Waals surface area contributed by atoms with Gasteiger partial charge in [-0.3, -0.25) is 14.9 Å². The van der Waals surface area contributed by atoms with Crippen molar-refractivity contribution in [3.05, 3.63) is 95.7 Å². The number of hydrogen-bond acceptors (Lipinski definition) is 5. The van der Waals surface area contributed by atoms with E-state index >= 15 is 0 Å². The van der Waals surface area contributed by atoms with Crippen LogP contribution in [0.4, 0.5) is 21.5 Å². The number of carbonyl (C=O) groups excluding carboxylic acids is 1. The number of amides is 1. The zero-order chi connectivity index (χ0) is 25.1. The topological polar surface area (TPSA) is 101 Å². The molecule has 0 aliphatic carbocycles. The summed E-state index contributed by atoms with van der Waals surface area (Å²) in [5.41, 5.74) is 4.69. The molecule has 5 rings (SSSR count). The molecule has 3 aromatic heterocycles. The van der Waals surface area contributed by atoms with Gasteiger partial charge in [0.2, 0.25) is 0 Å². The van der Waals surface area contributed by atoms with E-state index in [-0.39, 0.29) is 11.5 Å². The predicted octanol–water partition coefficient (Wildman–Crippen LogP) is 5.79. The number of benzene rings is 2. The molecule has 3 heterocycles. The van der Waals surface area contributed by atoms with Gasteiger partial charge in [0.05, 0.1) is 28.3 Å². The SMILES string of the molecule is CCn1cc(C)nc1C(=O)Nc1cc(Nc2ccc3c(C=Cc4ccccn4)n[nH]c3c2)ccc1F.